The number of nitrogens with zero attached hydrogens (tertiary/aromatic N) is 2. The van der Waals surface area contributed by atoms with Crippen LogP contribution in [0, 0.1) is 17.6 Å². The lowest BCUT2D eigenvalue weighted by molar-refractivity contribution is 0.0317. The predicted octanol–water partition coefficient (Wildman–Crippen LogP) is 1.30. The van der Waals surface area contributed by atoms with Gasteiger partial charge in [0.1, 0.15) is 0 Å². The fourth-order valence-corrected chi connectivity index (χ4v) is 5.94. The van der Waals surface area contributed by atoms with E-state index >= 15 is 0 Å². The number of hydrogen-bond acceptors (Lipinski definition) is 4. The van der Waals surface area contributed by atoms with Crippen LogP contribution in [0.5, 0.6) is 0 Å². The second kappa shape index (κ2) is 6.02. The molecule has 1 saturated carbocycles. The van der Waals surface area contributed by atoms with Gasteiger partial charge in [0.05, 0.1) is 17.5 Å². The van der Waals surface area contributed by atoms with Crippen LogP contribution >= 0.6 is 0 Å². The van der Waals surface area contributed by atoms with Gasteiger partial charge in [-0.15, -0.1) is 0 Å². The molecule has 4 rings (SSSR count). The Hall–Kier alpha value is -1.54. The molecule has 0 bridgehead atoms. The molecule has 136 valence electrons. The SMILES string of the molecule is O=C(c1ccc(F)c(F)c1)N1CCN(CC2CC2)C2CS(=O)(=O)CC21. The minimum Gasteiger partial charge on any atom is -0.332 e. The summed E-state index contributed by atoms with van der Waals surface area (Å²) < 4.78 is 50.9. The lowest BCUT2D eigenvalue weighted by atomic mass is 10.0. The Morgan fingerprint density at radius 1 is 1.08 bits per heavy atom. The van der Waals surface area contributed by atoms with Crippen molar-refractivity contribution >= 4 is 15.7 Å². The van der Waals surface area contributed by atoms with Gasteiger partial charge in [0, 0.05) is 31.2 Å². The van der Waals surface area contributed by atoms with Crippen LogP contribution in [-0.2, 0) is 9.84 Å². The Balaban J connectivity index is 1.59. The maximum atomic E-state index is 13.5. The zero-order chi connectivity index (χ0) is 17.8. The van der Waals surface area contributed by atoms with Gasteiger partial charge in [0.2, 0.25) is 0 Å². The van der Waals surface area contributed by atoms with Crippen molar-refractivity contribution in [3.05, 3.63) is 35.4 Å². The Bertz CT molecular complexity index is 810. The summed E-state index contributed by atoms with van der Waals surface area (Å²) >= 11 is 0. The van der Waals surface area contributed by atoms with Crippen molar-refractivity contribution < 1.29 is 22.0 Å². The monoisotopic (exact) mass is 370 g/mol. The second-order valence-corrected chi connectivity index (χ2v) is 9.43. The van der Waals surface area contributed by atoms with E-state index in [1.807, 2.05) is 0 Å². The van der Waals surface area contributed by atoms with E-state index in [1.54, 1.807) is 0 Å². The third-order valence-corrected chi connectivity index (χ3v) is 7.11. The van der Waals surface area contributed by atoms with Crippen LogP contribution in [0.2, 0.25) is 0 Å². The van der Waals surface area contributed by atoms with Crippen molar-refractivity contribution in [3.8, 4) is 0 Å². The first-order chi connectivity index (χ1) is 11.8. The van der Waals surface area contributed by atoms with Gasteiger partial charge in [-0.25, -0.2) is 17.2 Å². The highest BCUT2D eigenvalue weighted by molar-refractivity contribution is 7.91. The molecule has 0 N–H and O–H groups in total. The van der Waals surface area contributed by atoms with Crippen molar-refractivity contribution in [1.29, 1.82) is 0 Å². The number of halogens is 2. The Morgan fingerprint density at radius 3 is 2.48 bits per heavy atom. The molecule has 3 aliphatic rings. The molecule has 5 nitrogen and oxygen atoms in total. The number of piperazine rings is 1. The minimum absolute atomic E-state index is 0.0533. The zero-order valence-corrected chi connectivity index (χ0v) is 14.5. The van der Waals surface area contributed by atoms with Gasteiger partial charge < -0.3 is 4.90 Å². The van der Waals surface area contributed by atoms with Crippen LogP contribution in [0.3, 0.4) is 0 Å². The van der Waals surface area contributed by atoms with Crippen LogP contribution in [0.1, 0.15) is 23.2 Å². The quantitative estimate of drug-likeness (QED) is 0.805. The number of amides is 1. The smallest absolute Gasteiger partial charge is 0.254 e. The van der Waals surface area contributed by atoms with Gasteiger partial charge in [-0.3, -0.25) is 9.69 Å². The molecule has 1 aromatic rings. The maximum Gasteiger partial charge on any atom is 0.254 e. The molecule has 1 aliphatic carbocycles. The highest BCUT2D eigenvalue weighted by atomic mass is 32.2. The van der Waals surface area contributed by atoms with E-state index in [1.165, 1.54) is 23.8 Å². The van der Waals surface area contributed by atoms with Crippen LogP contribution < -0.4 is 0 Å². The number of sulfone groups is 1. The third kappa shape index (κ3) is 3.29. The standard InChI is InChI=1S/C17H20F2N2O3S/c18-13-4-3-12(7-14(13)19)17(22)21-6-5-20(8-11-1-2-11)15-9-25(23,24)10-16(15)21/h3-4,7,11,15-16H,1-2,5-6,8-10H2. The molecule has 2 atom stereocenters. The molecule has 0 spiro atoms. The van der Waals surface area contributed by atoms with E-state index in [-0.39, 0.29) is 23.1 Å². The van der Waals surface area contributed by atoms with Crippen LogP contribution in [0.15, 0.2) is 18.2 Å². The first kappa shape index (κ1) is 16.9. The molecular formula is C17H20F2N2O3S. The van der Waals surface area contributed by atoms with Crippen LogP contribution in [0.25, 0.3) is 0 Å². The number of carbonyl (C=O) groups is 1. The molecule has 2 saturated heterocycles. The largest absolute Gasteiger partial charge is 0.332 e. The first-order valence-electron chi connectivity index (χ1n) is 8.54. The summed E-state index contributed by atoms with van der Waals surface area (Å²) in [5, 5.41) is 0. The summed E-state index contributed by atoms with van der Waals surface area (Å²) in [7, 11) is -3.21. The second-order valence-electron chi connectivity index (χ2n) is 7.28. The molecule has 3 fully saturated rings. The Labute approximate surface area is 145 Å². The lowest BCUT2D eigenvalue weighted by Crippen LogP contribution is -2.60. The molecular weight excluding hydrogens is 350 g/mol. The number of carbonyl (C=O) groups excluding carboxylic acids is 1. The Morgan fingerprint density at radius 2 is 1.80 bits per heavy atom. The average molecular weight is 370 g/mol. The number of hydrogen-bond donors (Lipinski definition) is 0. The summed E-state index contributed by atoms with van der Waals surface area (Å²) in [5.74, 6) is -1.88. The van der Waals surface area contributed by atoms with E-state index < -0.39 is 33.4 Å². The molecule has 1 amide bonds. The topological polar surface area (TPSA) is 57.7 Å². The summed E-state index contributed by atoms with van der Waals surface area (Å²) in [5.41, 5.74) is 0.0533. The highest BCUT2D eigenvalue weighted by Crippen LogP contribution is 2.34. The lowest BCUT2D eigenvalue weighted by Gasteiger charge is -2.44. The van der Waals surface area contributed by atoms with Gasteiger partial charge >= 0.3 is 0 Å². The molecule has 2 unspecified atom stereocenters. The van der Waals surface area contributed by atoms with E-state index in [2.05, 4.69) is 4.90 Å². The predicted molar refractivity (Wildman–Crippen MR) is 87.9 cm³/mol. The van der Waals surface area contributed by atoms with Crippen LogP contribution in [0.4, 0.5) is 8.78 Å². The fraction of sp³-hybridized carbons (Fsp3) is 0.588. The van der Waals surface area contributed by atoms with E-state index in [0.717, 1.165) is 18.7 Å². The molecule has 2 heterocycles. The molecule has 8 heteroatoms. The summed E-state index contributed by atoms with van der Waals surface area (Å²) in [6.07, 6.45) is 2.36. The molecule has 0 radical (unpaired) electrons. The van der Waals surface area contributed by atoms with E-state index in [9.17, 15) is 22.0 Å². The normalized spacial score (nSPS) is 28.8. The van der Waals surface area contributed by atoms with Gasteiger partial charge in [-0.1, -0.05) is 0 Å². The van der Waals surface area contributed by atoms with Crippen molar-refractivity contribution in [2.45, 2.75) is 24.9 Å². The molecule has 25 heavy (non-hydrogen) atoms. The van der Waals surface area contributed by atoms with Crippen LogP contribution in [-0.4, -0.2) is 67.3 Å². The van der Waals surface area contributed by atoms with Crippen molar-refractivity contribution in [2.24, 2.45) is 5.92 Å². The van der Waals surface area contributed by atoms with E-state index in [4.69, 9.17) is 0 Å². The maximum absolute atomic E-state index is 13.5. The minimum atomic E-state index is -3.21. The number of rotatable bonds is 3. The molecule has 1 aromatic carbocycles. The number of fused-ring (bicyclic) bond motifs is 1. The first-order valence-corrected chi connectivity index (χ1v) is 10.4. The number of benzene rings is 1. The fourth-order valence-electron chi connectivity index (χ4n) is 3.93. The summed E-state index contributed by atoms with van der Waals surface area (Å²) in [4.78, 5) is 16.5. The average Bonchev–Trinajstić information content (AvgIpc) is 3.30. The van der Waals surface area contributed by atoms with E-state index in [0.29, 0.717) is 19.0 Å². The van der Waals surface area contributed by atoms with Crippen molar-refractivity contribution in [3.63, 3.8) is 0 Å². The zero-order valence-electron chi connectivity index (χ0n) is 13.7. The molecule has 0 aromatic heterocycles. The van der Waals surface area contributed by atoms with Gasteiger partial charge in [0.15, 0.2) is 21.5 Å². The summed E-state index contributed by atoms with van der Waals surface area (Å²) in [6, 6.07) is 2.43. The summed E-state index contributed by atoms with van der Waals surface area (Å²) in [6.45, 7) is 1.90. The van der Waals surface area contributed by atoms with Gasteiger partial charge in [-0.05, 0) is 37.0 Å². The third-order valence-electron chi connectivity index (χ3n) is 5.41. The van der Waals surface area contributed by atoms with Crippen molar-refractivity contribution in [2.75, 3.05) is 31.1 Å². The highest BCUT2D eigenvalue weighted by Gasteiger charge is 2.48. The van der Waals surface area contributed by atoms with Gasteiger partial charge in [0.25, 0.3) is 5.91 Å². The van der Waals surface area contributed by atoms with Gasteiger partial charge in [-0.2, -0.15) is 0 Å². The Kier molecular flexibility index (Phi) is 4.07. The van der Waals surface area contributed by atoms with Crippen molar-refractivity contribution in [1.82, 2.24) is 9.80 Å². The molecule has 2 aliphatic heterocycles.